The first-order chi connectivity index (χ1) is 24.1. The summed E-state index contributed by atoms with van der Waals surface area (Å²) in [5.74, 6) is 1.94. The van der Waals surface area contributed by atoms with Gasteiger partial charge in [0.15, 0.2) is 17.5 Å². The molecule has 0 bridgehead atoms. The van der Waals surface area contributed by atoms with Gasteiger partial charge in [-0.2, -0.15) is 0 Å². The van der Waals surface area contributed by atoms with Gasteiger partial charge < -0.3 is 4.42 Å². The highest BCUT2D eigenvalue weighted by molar-refractivity contribution is 6.88. The molecule has 6 aromatic carbocycles. The average Bonchev–Trinajstić information content (AvgIpc) is 3.62. The molecule has 50 heavy (non-hydrogen) atoms. The van der Waals surface area contributed by atoms with Crippen LogP contribution >= 0.6 is 0 Å². The maximum Gasteiger partial charge on any atom is 0.164 e. The van der Waals surface area contributed by atoms with Gasteiger partial charge in [-0.3, -0.25) is 0 Å². The summed E-state index contributed by atoms with van der Waals surface area (Å²) >= 11 is 0. The number of fused-ring (bicyclic) bond motifs is 6. The maximum atomic E-state index is 6.13. The molecule has 0 spiro atoms. The van der Waals surface area contributed by atoms with E-state index in [-0.39, 0.29) is 5.41 Å². The molecule has 8 aromatic rings. The summed E-state index contributed by atoms with van der Waals surface area (Å²) in [6.07, 6.45) is 0. The Morgan fingerprint density at radius 3 is 1.82 bits per heavy atom. The van der Waals surface area contributed by atoms with E-state index in [0.29, 0.717) is 17.5 Å². The highest BCUT2D eigenvalue weighted by Gasteiger charge is 2.35. The van der Waals surface area contributed by atoms with Crippen molar-refractivity contribution < 1.29 is 4.42 Å². The van der Waals surface area contributed by atoms with Crippen LogP contribution in [0.4, 0.5) is 0 Å². The molecule has 1 aliphatic carbocycles. The van der Waals surface area contributed by atoms with Gasteiger partial charge in [0, 0.05) is 32.9 Å². The summed E-state index contributed by atoms with van der Waals surface area (Å²) in [5, 5.41) is 3.53. The molecule has 2 aromatic heterocycles. The SMILES string of the molecule is CC1(C)c2ccccc2-c2ccc(-c3cccc(-c4nc(-c5ccc([Si](C)(C)C)cc5)nc(-c5ccc6oc7ccccc7c6c5)n4)c3)cc21. The van der Waals surface area contributed by atoms with Gasteiger partial charge in [-0.1, -0.05) is 136 Å². The van der Waals surface area contributed by atoms with E-state index in [0.717, 1.165) is 44.2 Å². The molecule has 0 N–H and O–H groups in total. The fourth-order valence-corrected chi connectivity index (χ4v) is 8.64. The molecule has 2 heterocycles. The van der Waals surface area contributed by atoms with E-state index in [4.69, 9.17) is 19.4 Å². The molecule has 0 fully saturated rings. The van der Waals surface area contributed by atoms with Gasteiger partial charge in [0.2, 0.25) is 0 Å². The largest absolute Gasteiger partial charge is 0.456 e. The summed E-state index contributed by atoms with van der Waals surface area (Å²) in [6, 6.07) is 47.4. The third-order valence-corrected chi connectivity index (χ3v) is 12.4. The molecule has 1 aliphatic rings. The van der Waals surface area contributed by atoms with Gasteiger partial charge in [-0.25, -0.2) is 15.0 Å². The van der Waals surface area contributed by atoms with E-state index < -0.39 is 8.07 Å². The lowest BCUT2D eigenvalue weighted by Gasteiger charge is -2.22. The van der Waals surface area contributed by atoms with Crippen LogP contribution in [0, 0.1) is 0 Å². The first-order valence-electron chi connectivity index (χ1n) is 17.3. The van der Waals surface area contributed by atoms with Gasteiger partial charge in [0.05, 0.1) is 8.07 Å². The Kier molecular flexibility index (Phi) is 6.81. The third kappa shape index (κ3) is 5.00. The van der Waals surface area contributed by atoms with Gasteiger partial charge in [0.25, 0.3) is 0 Å². The zero-order valence-electron chi connectivity index (χ0n) is 29.0. The Bertz CT molecular complexity index is 2610. The molecule has 5 heteroatoms. The Hall–Kier alpha value is -5.65. The Morgan fingerprint density at radius 1 is 0.460 bits per heavy atom. The predicted molar refractivity (Wildman–Crippen MR) is 209 cm³/mol. The van der Waals surface area contributed by atoms with Crippen LogP contribution in [0.3, 0.4) is 0 Å². The fourth-order valence-electron chi connectivity index (χ4n) is 7.47. The number of para-hydroxylation sites is 1. The van der Waals surface area contributed by atoms with Crippen LogP contribution in [0.5, 0.6) is 0 Å². The summed E-state index contributed by atoms with van der Waals surface area (Å²) in [6.45, 7) is 11.7. The number of benzene rings is 6. The molecule has 0 aliphatic heterocycles. The highest BCUT2D eigenvalue weighted by atomic mass is 28.3. The van der Waals surface area contributed by atoms with Crippen LogP contribution in [0.1, 0.15) is 25.0 Å². The van der Waals surface area contributed by atoms with Crippen LogP contribution < -0.4 is 5.19 Å². The highest BCUT2D eigenvalue weighted by Crippen LogP contribution is 2.49. The van der Waals surface area contributed by atoms with Crippen molar-refractivity contribution in [2.45, 2.75) is 38.9 Å². The second kappa shape index (κ2) is 11.2. The lowest BCUT2D eigenvalue weighted by atomic mass is 9.81. The standard InChI is InChI=1S/C45H37N3OSi/c1-45(2)38-15-8-6-13-34(38)35-23-19-30(27-39(35)45)29-11-10-12-31(25-29)43-46-42(28-17-21-33(22-18-28)50(3,4)5)47-44(48-43)32-20-24-41-37(26-32)36-14-7-9-16-40(36)49-41/h6-27H,1-5H3. The maximum absolute atomic E-state index is 6.13. The lowest BCUT2D eigenvalue weighted by Crippen LogP contribution is -2.37. The molecule has 0 saturated heterocycles. The lowest BCUT2D eigenvalue weighted by molar-refractivity contribution is 0.660. The summed E-state index contributed by atoms with van der Waals surface area (Å²) in [4.78, 5) is 15.3. The van der Waals surface area contributed by atoms with Gasteiger partial charge >= 0.3 is 0 Å². The van der Waals surface area contributed by atoms with Crippen molar-refractivity contribution in [1.29, 1.82) is 0 Å². The smallest absolute Gasteiger partial charge is 0.164 e. The summed E-state index contributed by atoms with van der Waals surface area (Å²) < 4.78 is 6.13. The number of hydrogen-bond acceptors (Lipinski definition) is 4. The molecule has 4 nitrogen and oxygen atoms in total. The first-order valence-corrected chi connectivity index (χ1v) is 20.8. The molecule has 0 unspecified atom stereocenters. The van der Waals surface area contributed by atoms with Crippen molar-refractivity contribution in [3.8, 4) is 56.4 Å². The number of nitrogens with zero attached hydrogens (tertiary/aromatic N) is 3. The van der Waals surface area contributed by atoms with Crippen molar-refractivity contribution in [1.82, 2.24) is 15.0 Å². The minimum atomic E-state index is -1.46. The topological polar surface area (TPSA) is 51.8 Å². The van der Waals surface area contributed by atoms with Gasteiger partial charge in [0.1, 0.15) is 11.2 Å². The minimum absolute atomic E-state index is 0.0655. The predicted octanol–water partition coefficient (Wildman–Crippen LogP) is 11.3. The van der Waals surface area contributed by atoms with Crippen molar-refractivity contribution in [3.05, 3.63) is 145 Å². The van der Waals surface area contributed by atoms with Crippen LogP contribution in [0.2, 0.25) is 19.6 Å². The quantitative estimate of drug-likeness (QED) is 0.172. The molecule has 0 saturated carbocycles. The average molecular weight is 664 g/mol. The number of aromatic nitrogens is 3. The van der Waals surface area contributed by atoms with Crippen LogP contribution in [-0.2, 0) is 5.41 Å². The van der Waals surface area contributed by atoms with Crippen molar-refractivity contribution in [2.75, 3.05) is 0 Å². The summed E-state index contributed by atoms with van der Waals surface area (Å²) in [5.41, 5.74) is 12.2. The van der Waals surface area contributed by atoms with Crippen LogP contribution in [-0.4, -0.2) is 23.0 Å². The molecule has 9 rings (SSSR count). The van der Waals surface area contributed by atoms with Gasteiger partial charge in [-0.05, 0) is 69.8 Å². The molecule has 242 valence electrons. The minimum Gasteiger partial charge on any atom is -0.456 e. The molecule has 0 atom stereocenters. The Morgan fingerprint density at radius 2 is 1.04 bits per heavy atom. The van der Waals surface area contributed by atoms with Crippen molar-refractivity contribution >= 4 is 35.2 Å². The number of furan rings is 1. The van der Waals surface area contributed by atoms with E-state index in [1.54, 1.807) is 0 Å². The monoisotopic (exact) mass is 663 g/mol. The van der Waals surface area contributed by atoms with Crippen molar-refractivity contribution in [3.63, 3.8) is 0 Å². The Balaban J connectivity index is 1.17. The van der Waals surface area contributed by atoms with E-state index in [1.807, 2.05) is 30.3 Å². The molecule has 0 amide bonds. The van der Waals surface area contributed by atoms with E-state index >= 15 is 0 Å². The summed E-state index contributed by atoms with van der Waals surface area (Å²) in [7, 11) is -1.46. The van der Waals surface area contributed by atoms with E-state index in [1.165, 1.54) is 33.0 Å². The molecule has 0 radical (unpaired) electrons. The number of hydrogen-bond donors (Lipinski definition) is 0. The second-order valence-corrected chi connectivity index (χ2v) is 20.0. The fraction of sp³-hybridized carbons (Fsp3) is 0.133. The number of rotatable bonds is 5. The zero-order valence-corrected chi connectivity index (χ0v) is 30.0. The van der Waals surface area contributed by atoms with Gasteiger partial charge in [-0.15, -0.1) is 0 Å². The van der Waals surface area contributed by atoms with Crippen LogP contribution in [0.15, 0.2) is 138 Å². The van der Waals surface area contributed by atoms with Crippen molar-refractivity contribution in [2.24, 2.45) is 0 Å². The first kappa shape index (κ1) is 30.4. The molecular formula is C45H37N3OSi. The Labute approximate surface area is 293 Å². The zero-order chi connectivity index (χ0) is 34.2. The van der Waals surface area contributed by atoms with E-state index in [9.17, 15) is 0 Å². The normalized spacial score (nSPS) is 13.5. The third-order valence-electron chi connectivity index (χ3n) is 10.3. The van der Waals surface area contributed by atoms with Crippen LogP contribution in [0.25, 0.3) is 78.4 Å². The van der Waals surface area contributed by atoms with E-state index in [2.05, 4.69) is 137 Å². The molecular weight excluding hydrogens is 627 g/mol. The second-order valence-electron chi connectivity index (χ2n) is 15.0.